The van der Waals surface area contributed by atoms with E-state index in [9.17, 15) is 59.3 Å². The Morgan fingerprint density at radius 3 is 2.06 bits per heavy atom. The van der Waals surface area contributed by atoms with Gasteiger partial charge in [-0.15, -0.1) is 0 Å². The lowest BCUT2D eigenvalue weighted by Crippen LogP contribution is -2.65. The lowest BCUT2D eigenvalue weighted by molar-refractivity contribution is -0.385. The van der Waals surface area contributed by atoms with Crippen molar-refractivity contribution in [1.82, 2.24) is 42.1 Å². The van der Waals surface area contributed by atoms with E-state index >= 15 is 4.79 Å². The number of rotatable bonds is 35. The molecule has 0 aromatic heterocycles. The first kappa shape index (κ1) is 76.7. The van der Waals surface area contributed by atoms with Crippen molar-refractivity contribution in [2.24, 2.45) is 11.7 Å². The van der Waals surface area contributed by atoms with E-state index in [0.717, 1.165) is 57.6 Å². The monoisotopic (exact) mass is 1340 g/mol. The molecule has 5 unspecified atom stereocenters. The first-order chi connectivity index (χ1) is 46.0. The van der Waals surface area contributed by atoms with Gasteiger partial charge in [-0.05, 0) is 92.7 Å². The number of aliphatic hydroxyl groups is 4. The third-order valence-electron chi connectivity index (χ3n) is 16.6. The zero-order valence-corrected chi connectivity index (χ0v) is 55.8. The van der Waals surface area contributed by atoms with E-state index in [1.54, 1.807) is 60.7 Å². The van der Waals surface area contributed by atoms with Gasteiger partial charge in [-0.3, -0.25) is 43.7 Å². The van der Waals surface area contributed by atoms with Crippen LogP contribution in [0, 0.1) is 16.0 Å². The number of aliphatic hydroxyl groups excluding tert-OH is 4. The zero-order chi connectivity index (χ0) is 69.8. The molecule has 27 heteroatoms. The predicted octanol–water partition coefficient (Wildman–Crippen LogP) is 4.10. The van der Waals surface area contributed by atoms with Crippen LogP contribution in [0.1, 0.15) is 145 Å². The van der Waals surface area contributed by atoms with Crippen molar-refractivity contribution in [1.29, 1.82) is 0 Å². The Labute approximate surface area is 560 Å². The lowest BCUT2D eigenvalue weighted by Gasteiger charge is -2.42. The van der Waals surface area contributed by atoms with Gasteiger partial charge in [0.2, 0.25) is 53.2 Å². The Bertz CT molecular complexity index is 3180. The fourth-order valence-electron chi connectivity index (χ4n) is 11.4. The molecule has 7 rings (SSSR count). The van der Waals surface area contributed by atoms with E-state index in [4.69, 9.17) is 24.7 Å². The number of benzene rings is 4. The smallest absolute Gasteiger partial charge is 0.311 e. The average molecular weight is 1340 g/mol. The molecule has 1 fully saturated rings. The van der Waals surface area contributed by atoms with Gasteiger partial charge in [0.25, 0.3) is 5.91 Å². The summed E-state index contributed by atoms with van der Waals surface area (Å²) in [4.78, 5) is 113. The van der Waals surface area contributed by atoms with Gasteiger partial charge in [-0.25, -0.2) is 0 Å². The molecule has 3 aliphatic heterocycles. The highest BCUT2D eigenvalue weighted by Gasteiger charge is 2.47. The molecule has 4 bridgehead atoms. The number of fused-ring (bicyclic) bond motifs is 9. The zero-order valence-electron chi connectivity index (χ0n) is 55.8. The minimum Gasteiger partial charge on any atom is -0.490 e. The van der Waals surface area contributed by atoms with Gasteiger partial charge in [0, 0.05) is 44.8 Å². The van der Waals surface area contributed by atoms with Crippen LogP contribution in [0.2, 0.25) is 0 Å². The quantitative estimate of drug-likeness (QED) is 0.0175. The average Bonchev–Trinajstić information content (AvgIpc) is 0.786. The van der Waals surface area contributed by atoms with Crippen molar-refractivity contribution in [3.63, 3.8) is 0 Å². The van der Waals surface area contributed by atoms with Crippen LogP contribution < -0.4 is 57.2 Å². The molecular formula is C69H98N10O17. The first-order valence-corrected chi connectivity index (χ1v) is 33.2. The van der Waals surface area contributed by atoms with Crippen molar-refractivity contribution < 1.29 is 77.9 Å². The molecule has 526 valence electrons. The van der Waals surface area contributed by atoms with Gasteiger partial charge in [-0.1, -0.05) is 139 Å². The number of carbonyl (C=O) groups excluding carboxylic acids is 7. The molecule has 1 saturated heterocycles. The molecule has 0 aliphatic carbocycles. The summed E-state index contributed by atoms with van der Waals surface area (Å²) < 4.78 is 24.8. The summed E-state index contributed by atoms with van der Waals surface area (Å²) in [5, 5.41) is 77.9. The fraction of sp³-hybridized carbons (Fsp3) is 0.551. The normalized spacial score (nSPS) is 20.6. The minimum atomic E-state index is -2.29. The van der Waals surface area contributed by atoms with E-state index in [0.29, 0.717) is 30.5 Å². The Hall–Kier alpha value is -8.31. The Morgan fingerprint density at radius 1 is 0.771 bits per heavy atom. The third kappa shape index (κ3) is 23.5. The summed E-state index contributed by atoms with van der Waals surface area (Å²) in [6.07, 6.45) is -0.264. The van der Waals surface area contributed by atoms with E-state index in [2.05, 4.69) is 44.1 Å². The highest BCUT2D eigenvalue weighted by Crippen LogP contribution is 2.46. The van der Waals surface area contributed by atoms with Crippen LogP contribution in [-0.2, 0) is 51.1 Å². The molecule has 0 radical (unpaired) electrons. The molecule has 13 N–H and O–H groups in total. The molecule has 3 heterocycles. The number of nitro groups is 1. The number of nitrogens with two attached hydrogens (primary N) is 1. The van der Waals surface area contributed by atoms with Gasteiger partial charge in [0.15, 0.2) is 17.6 Å². The second-order valence-corrected chi connectivity index (χ2v) is 25.1. The number of nitrogens with one attached hydrogen (secondary N) is 7. The van der Waals surface area contributed by atoms with Crippen molar-refractivity contribution in [2.45, 2.75) is 190 Å². The first-order valence-electron chi connectivity index (χ1n) is 33.2. The van der Waals surface area contributed by atoms with E-state index in [-0.39, 0.29) is 67.9 Å². The summed E-state index contributed by atoms with van der Waals surface area (Å²) >= 11 is 0. The summed E-state index contributed by atoms with van der Waals surface area (Å²) in [5.74, 6) is -6.86. The maximum atomic E-state index is 15.3. The maximum absolute atomic E-state index is 15.3. The lowest BCUT2D eigenvalue weighted by atomic mass is 9.96. The van der Waals surface area contributed by atoms with Crippen molar-refractivity contribution in [3.8, 4) is 23.0 Å². The number of hydrogen-bond acceptors (Lipinski definition) is 19. The van der Waals surface area contributed by atoms with E-state index in [1.165, 1.54) is 37.8 Å². The number of methoxy groups -OCH3 is 1. The molecule has 3 aliphatic rings. The second kappa shape index (κ2) is 39.0. The molecule has 11 atom stereocenters. The van der Waals surface area contributed by atoms with Crippen LogP contribution >= 0.6 is 0 Å². The third-order valence-corrected chi connectivity index (χ3v) is 16.6. The number of unbranched alkanes of at least 4 members (excludes halogenated alkanes) is 8. The molecule has 4 aromatic rings. The van der Waals surface area contributed by atoms with Crippen LogP contribution in [-0.4, -0.2) is 174 Å². The molecule has 0 saturated carbocycles. The van der Waals surface area contributed by atoms with Gasteiger partial charge < -0.3 is 87.2 Å². The number of hydrogen-bond donors (Lipinski definition) is 12. The maximum Gasteiger partial charge on any atom is 0.311 e. The fourth-order valence-corrected chi connectivity index (χ4v) is 11.4. The van der Waals surface area contributed by atoms with Gasteiger partial charge >= 0.3 is 5.69 Å². The summed E-state index contributed by atoms with van der Waals surface area (Å²) in [5.41, 5.74) is 6.63. The minimum absolute atomic E-state index is 0.0207. The summed E-state index contributed by atoms with van der Waals surface area (Å²) in [6, 6.07) is 14.6. The van der Waals surface area contributed by atoms with Crippen molar-refractivity contribution in [2.75, 3.05) is 47.4 Å². The number of amides is 7. The number of nitro benzene ring substituents is 1. The van der Waals surface area contributed by atoms with Gasteiger partial charge in [0.05, 0.1) is 30.7 Å². The summed E-state index contributed by atoms with van der Waals surface area (Å²) in [7, 11) is 5.01. The predicted molar refractivity (Wildman–Crippen MR) is 356 cm³/mol. The van der Waals surface area contributed by atoms with E-state index < -0.39 is 143 Å². The molecule has 7 amide bonds. The van der Waals surface area contributed by atoms with Crippen LogP contribution in [0.4, 0.5) is 5.69 Å². The molecular weight excluding hydrogens is 1240 g/mol. The van der Waals surface area contributed by atoms with Crippen LogP contribution in [0.3, 0.4) is 0 Å². The SMILES string of the molecule is CCCCCCCCCCCC(=O)NC1C(Oc2cc3cc(c2OC)Oc2ccc(cc2[N+](=O)[O-])C[C@@H](NC(=O)[C@H](N)CC(C)C)C(=O)N[C@@H](Cc2ccccc2)C(=O)N[C@H]3[C@@H](O)C(=O)NCCCC(=O)N[C@@H](C(=O)NCCCN(C)C)c2ccccc2)OC(CO)C(O)C1O. The van der Waals surface area contributed by atoms with Gasteiger partial charge in [0.1, 0.15) is 42.5 Å². The number of carbonyl (C=O) groups is 7. The molecule has 4 aromatic carbocycles. The molecule has 27 nitrogen and oxygen atoms in total. The Kier molecular flexibility index (Phi) is 31.2. The molecule has 0 spiro atoms. The van der Waals surface area contributed by atoms with Crippen LogP contribution in [0.15, 0.2) is 91.0 Å². The largest absolute Gasteiger partial charge is 0.490 e. The Morgan fingerprint density at radius 2 is 1.42 bits per heavy atom. The van der Waals surface area contributed by atoms with Crippen molar-refractivity contribution >= 4 is 47.0 Å². The topological polar surface area (TPSA) is 394 Å². The highest BCUT2D eigenvalue weighted by molar-refractivity contribution is 5.94. The second-order valence-electron chi connectivity index (χ2n) is 25.1. The van der Waals surface area contributed by atoms with Crippen LogP contribution in [0.5, 0.6) is 23.0 Å². The van der Waals surface area contributed by atoms with E-state index in [1.807, 2.05) is 32.8 Å². The highest BCUT2D eigenvalue weighted by atomic mass is 16.7. The van der Waals surface area contributed by atoms with Gasteiger partial charge in [-0.2, -0.15) is 0 Å². The van der Waals surface area contributed by atoms with Crippen LogP contribution in [0.25, 0.3) is 0 Å². The number of nitrogens with zero attached hydrogens (tertiary/aromatic N) is 2. The standard InChI is InChI=1S/C69H98N10O17/c1-7-8-9-10-11-12-13-14-21-28-55(81)76-59-61(84)60(83)54(41-80)96-69(59)95-53-40-46-39-52(63(53)93-6)94-51-31-30-44(38-50(51)79(91)92)37-49(73-64(86)47(70)35-42(2)3)65(87)74-48(36-43-24-17-15-18-25-43)66(88)77-57(46)62(85)68(90)72-32-22-29-56(82)75-58(45-26-19-16-20-27-45)67(89)71-33-23-34-78(4)5/h15-20,24-27,30-31,38-40,42,47-49,54,57-62,69,80,83-85H,7-14,21-23,28-29,32-37,41,70H2,1-6H3,(H,71,89)(H,72,90)(H,73,86)(H,74,87)(H,75,82)(H,76,81)(H,77,88)/t47-,48+,49-,54?,57-,58-,59?,60?,61?,62-,69?/m1/s1. The summed E-state index contributed by atoms with van der Waals surface area (Å²) in [6.45, 7) is 5.84. The van der Waals surface area contributed by atoms with Crippen molar-refractivity contribution in [3.05, 3.63) is 123 Å². The Balaban J connectivity index is 1.41. The number of ether oxygens (including phenoxy) is 4. The molecule has 96 heavy (non-hydrogen) atoms.